The molecule has 0 bridgehead atoms. The van der Waals surface area contributed by atoms with Crippen LogP contribution in [0.5, 0.6) is 11.6 Å². The number of pyridine rings is 1. The number of ether oxygens (including phenoxy) is 2. The normalized spacial score (nSPS) is 10.1. The molecular weight excluding hydrogens is 228 g/mol. The van der Waals surface area contributed by atoms with Gasteiger partial charge in [0.2, 0.25) is 5.88 Å². The van der Waals surface area contributed by atoms with E-state index in [1.165, 1.54) is 0 Å². The summed E-state index contributed by atoms with van der Waals surface area (Å²) in [4.78, 5) is 4.16. The average molecular weight is 244 g/mol. The summed E-state index contributed by atoms with van der Waals surface area (Å²) >= 11 is 0. The molecule has 18 heavy (non-hydrogen) atoms. The summed E-state index contributed by atoms with van der Waals surface area (Å²) < 4.78 is 10.7. The zero-order valence-electron chi connectivity index (χ0n) is 10.5. The van der Waals surface area contributed by atoms with Gasteiger partial charge >= 0.3 is 0 Å². The molecule has 0 aliphatic rings. The molecule has 2 aromatic rings. The molecule has 2 rings (SSSR count). The second kappa shape index (κ2) is 5.40. The van der Waals surface area contributed by atoms with E-state index in [1.807, 2.05) is 37.3 Å². The molecule has 0 amide bonds. The van der Waals surface area contributed by atoms with Gasteiger partial charge in [0.1, 0.15) is 12.4 Å². The Kier molecular flexibility index (Phi) is 3.67. The summed E-state index contributed by atoms with van der Waals surface area (Å²) in [7, 11) is 1.64. The Morgan fingerprint density at radius 2 is 2.11 bits per heavy atom. The van der Waals surface area contributed by atoms with Crippen molar-refractivity contribution in [1.82, 2.24) is 4.98 Å². The standard InChI is InChI=1S/C14H16N2O2/c1-10-6-13(15)14(16-8-10)18-9-11-4-3-5-12(7-11)17-2/h3-8H,9,15H2,1-2H3. The molecule has 1 heterocycles. The number of aromatic nitrogens is 1. The number of hydrogen-bond acceptors (Lipinski definition) is 4. The molecule has 0 saturated heterocycles. The Bertz CT molecular complexity index is 541. The maximum absolute atomic E-state index is 5.83. The van der Waals surface area contributed by atoms with Crippen molar-refractivity contribution in [3.8, 4) is 11.6 Å². The quantitative estimate of drug-likeness (QED) is 0.898. The number of benzene rings is 1. The number of hydrogen-bond donors (Lipinski definition) is 1. The van der Waals surface area contributed by atoms with Crippen LogP contribution in [0.1, 0.15) is 11.1 Å². The summed E-state index contributed by atoms with van der Waals surface area (Å²) in [5, 5.41) is 0. The summed E-state index contributed by atoms with van der Waals surface area (Å²) in [6, 6.07) is 9.54. The molecule has 4 heteroatoms. The van der Waals surface area contributed by atoms with E-state index in [0.29, 0.717) is 18.2 Å². The molecule has 0 aliphatic heterocycles. The largest absolute Gasteiger partial charge is 0.497 e. The number of anilines is 1. The minimum atomic E-state index is 0.414. The number of nitrogens with two attached hydrogens (primary N) is 1. The Morgan fingerprint density at radius 3 is 2.83 bits per heavy atom. The second-order valence-electron chi connectivity index (χ2n) is 4.05. The lowest BCUT2D eigenvalue weighted by Crippen LogP contribution is -2.01. The fraction of sp³-hybridized carbons (Fsp3) is 0.214. The summed E-state index contributed by atoms with van der Waals surface area (Å²) in [6.45, 7) is 2.35. The van der Waals surface area contributed by atoms with Crippen molar-refractivity contribution in [2.24, 2.45) is 0 Å². The number of nitrogens with zero attached hydrogens (tertiary/aromatic N) is 1. The molecule has 0 atom stereocenters. The fourth-order valence-electron chi connectivity index (χ4n) is 1.61. The minimum Gasteiger partial charge on any atom is -0.497 e. The molecule has 1 aromatic heterocycles. The van der Waals surface area contributed by atoms with E-state index in [-0.39, 0.29) is 0 Å². The van der Waals surface area contributed by atoms with Crippen molar-refractivity contribution in [2.75, 3.05) is 12.8 Å². The van der Waals surface area contributed by atoms with E-state index in [0.717, 1.165) is 16.9 Å². The van der Waals surface area contributed by atoms with Gasteiger partial charge in [0.05, 0.1) is 12.8 Å². The van der Waals surface area contributed by atoms with Crippen LogP contribution in [0.3, 0.4) is 0 Å². The highest BCUT2D eigenvalue weighted by molar-refractivity contribution is 5.49. The van der Waals surface area contributed by atoms with E-state index in [2.05, 4.69) is 4.98 Å². The first-order valence-corrected chi connectivity index (χ1v) is 5.67. The van der Waals surface area contributed by atoms with Gasteiger partial charge in [0.25, 0.3) is 0 Å². The van der Waals surface area contributed by atoms with Crippen LogP contribution in [0.2, 0.25) is 0 Å². The van der Waals surface area contributed by atoms with E-state index < -0.39 is 0 Å². The third-order valence-electron chi connectivity index (χ3n) is 2.53. The van der Waals surface area contributed by atoms with E-state index >= 15 is 0 Å². The second-order valence-corrected chi connectivity index (χ2v) is 4.05. The molecule has 0 saturated carbocycles. The predicted molar refractivity (Wildman–Crippen MR) is 70.7 cm³/mol. The maximum atomic E-state index is 5.83. The molecule has 0 radical (unpaired) electrons. The first-order chi connectivity index (χ1) is 8.69. The molecule has 4 nitrogen and oxygen atoms in total. The molecule has 94 valence electrons. The number of methoxy groups -OCH3 is 1. The summed E-state index contributed by atoms with van der Waals surface area (Å²) in [6.07, 6.45) is 1.73. The average Bonchev–Trinajstić information content (AvgIpc) is 2.38. The van der Waals surface area contributed by atoms with Crippen LogP contribution >= 0.6 is 0 Å². The first-order valence-electron chi connectivity index (χ1n) is 5.67. The Morgan fingerprint density at radius 1 is 1.28 bits per heavy atom. The number of nitrogen functional groups attached to an aromatic ring is 1. The van der Waals surface area contributed by atoms with E-state index in [1.54, 1.807) is 13.3 Å². The SMILES string of the molecule is COc1cccc(COc2ncc(C)cc2N)c1. The van der Waals surface area contributed by atoms with Crippen LogP contribution in [0, 0.1) is 6.92 Å². The van der Waals surface area contributed by atoms with Crippen molar-refractivity contribution >= 4 is 5.69 Å². The number of aryl methyl sites for hydroxylation is 1. The summed E-state index contributed by atoms with van der Waals surface area (Å²) in [5.74, 6) is 1.27. The van der Waals surface area contributed by atoms with Crippen molar-refractivity contribution < 1.29 is 9.47 Å². The van der Waals surface area contributed by atoms with E-state index in [9.17, 15) is 0 Å². The summed E-state index contributed by atoms with van der Waals surface area (Å²) in [5.41, 5.74) is 8.41. The van der Waals surface area contributed by atoms with Gasteiger partial charge in [0, 0.05) is 6.20 Å². The topological polar surface area (TPSA) is 57.4 Å². The highest BCUT2D eigenvalue weighted by Crippen LogP contribution is 2.20. The van der Waals surface area contributed by atoms with Crippen LogP contribution in [0.15, 0.2) is 36.5 Å². The third kappa shape index (κ3) is 2.91. The highest BCUT2D eigenvalue weighted by Gasteiger charge is 2.03. The Hall–Kier alpha value is -2.23. The van der Waals surface area contributed by atoms with Gasteiger partial charge in [-0.2, -0.15) is 0 Å². The monoisotopic (exact) mass is 244 g/mol. The lowest BCUT2D eigenvalue weighted by atomic mass is 10.2. The van der Waals surface area contributed by atoms with Gasteiger partial charge in [-0.15, -0.1) is 0 Å². The fourth-order valence-corrected chi connectivity index (χ4v) is 1.61. The molecule has 1 aromatic carbocycles. The Labute approximate surface area is 106 Å². The van der Waals surface area contributed by atoms with Gasteiger partial charge < -0.3 is 15.2 Å². The zero-order valence-corrected chi connectivity index (χ0v) is 10.5. The van der Waals surface area contributed by atoms with Gasteiger partial charge in [-0.25, -0.2) is 4.98 Å². The number of rotatable bonds is 4. The molecule has 0 spiro atoms. The van der Waals surface area contributed by atoms with Crippen molar-refractivity contribution in [1.29, 1.82) is 0 Å². The molecule has 0 fully saturated rings. The zero-order chi connectivity index (χ0) is 13.0. The maximum Gasteiger partial charge on any atom is 0.237 e. The van der Waals surface area contributed by atoms with Crippen LogP contribution in [0.25, 0.3) is 0 Å². The van der Waals surface area contributed by atoms with Gasteiger partial charge in [-0.1, -0.05) is 12.1 Å². The molecular formula is C14H16N2O2. The smallest absolute Gasteiger partial charge is 0.237 e. The predicted octanol–water partition coefficient (Wildman–Crippen LogP) is 2.56. The van der Waals surface area contributed by atoms with Gasteiger partial charge in [-0.3, -0.25) is 0 Å². The van der Waals surface area contributed by atoms with Crippen LogP contribution < -0.4 is 15.2 Å². The van der Waals surface area contributed by atoms with Gasteiger partial charge in [0.15, 0.2) is 0 Å². The highest BCUT2D eigenvalue weighted by atomic mass is 16.5. The van der Waals surface area contributed by atoms with Crippen molar-refractivity contribution in [3.63, 3.8) is 0 Å². The Balaban J connectivity index is 2.06. The lowest BCUT2D eigenvalue weighted by Gasteiger charge is -2.09. The van der Waals surface area contributed by atoms with Crippen LogP contribution in [-0.4, -0.2) is 12.1 Å². The first kappa shape index (κ1) is 12.2. The molecule has 0 unspecified atom stereocenters. The minimum absolute atomic E-state index is 0.414. The van der Waals surface area contributed by atoms with Crippen LogP contribution in [-0.2, 0) is 6.61 Å². The van der Waals surface area contributed by atoms with Crippen molar-refractivity contribution in [3.05, 3.63) is 47.7 Å². The third-order valence-corrected chi connectivity index (χ3v) is 2.53. The van der Waals surface area contributed by atoms with Gasteiger partial charge in [-0.05, 0) is 36.2 Å². The lowest BCUT2D eigenvalue weighted by molar-refractivity contribution is 0.295. The van der Waals surface area contributed by atoms with Crippen molar-refractivity contribution in [2.45, 2.75) is 13.5 Å². The van der Waals surface area contributed by atoms with Crippen LogP contribution in [0.4, 0.5) is 5.69 Å². The molecule has 0 aliphatic carbocycles. The molecule has 2 N–H and O–H groups in total. The van der Waals surface area contributed by atoms with E-state index in [4.69, 9.17) is 15.2 Å².